The van der Waals surface area contributed by atoms with Crippen LogP contribution in [0.3, 0.4) is 0 Å². The molecule has 2 amide bonds. The summed E-state index contributed by atoms with van der Waals surface area (Å²) in [4.78, 5) is 24.0. The summed E-state index contributed by atoms with van der Waals surface area (Å²) >= 11 is 0. The SMILES string of the molecule is COc1cccc(CO[C@H](C)C(=O)N[C@H](C(N)=O)c2ccccc2)c1. The zero-order chi connectivity index (χ0) is 18.2. The standard InChI is InChI=1S/C19H22N2O4/c1-13(25-12-14-7-6-10-16(11-14)24-2)19(23)21-17(18(20)22)15-8-4-3-5-9-15/h3-11,13,17H,12H2,1-2H3,(H2,20,22)(H,21,23)/t13-,17+/m1/s1. The maximum Gasteiger partial charge on any atom is 0.249 e. The summed E-state index contributed by atoms with van der Waals surface area (Å²) in [7, 11) is 1.59. The summed E-state index contributed by atoms with van der Waals surface area (Å²) in [6.45, 7) is 1.87. The van der Waals surface area contributed by atoms with Gasteiger partial charge >= 0.3 is 0 Å². The Hall–Kier alpha value is -2.86. The van der Waals surface area contributed by atoms with Crippen molar-refractivity contribution in [3.05, 3.63) is 65.7 Å². The lowest BCUT2D eigenvalue weighted by Crippen LogP contribution is -2.42. The minimum absolute atomic E-state index is 0.248. The zero-order valence-corrected chi connectivity index (χ0v) is 14.3. The van der Waals surface area contributed by atoms with E-state index in [4.69, 9.17) is 15.2 Å². The molecule has 0 radical (unpaired) electrons. The summed E-state index contributed by atoms with van der Waals surface area (Å²) in [5.41, 5.74) is 6.92. The number of primary amides is 1. The minimum Gasteiger partial charge on any atom is -0.497 e. The molecule has 0 saturated heterocycles. The number of nitrogens with two attached hydrogens (primary N) is 1. The summed E-state index contributed by atoms with van der Waals surface area (Å²) in [5.74, 6) is -0.314. The van der Waals surface area contributed by atoms with Crippen LogP contribution in [-0.2, 0) is 20.9 Å². The predicted octanol–water partition coefficient (Wildman–Crippen LogP) is 1.94. The molecule has 2 atom stereocenters. The first kappa shape index (κ1) is 18.5. The van der Waals surface area contributed by atoms with Crippen LogP contribution in [0.15, 0.2) is 54.6 Å². The highest BCUT2D eigenvalue weighted by Gasteiger charge is 2.23. The number of carbonyl (C=O) groups excluding carboxylic acids is 2. The third-order valence-electron chi connectivity index (χ3n) is 3.71. The van der Waals surface area contributed by atoms with Crippen LogP contribution < -0.4 is 15.8 Å². The average molecular weight is 342 g/mol. The molecule has 0 aliphatic rings. The maximum absolute atomic E-state index is 12.3. The number of methoxy groups -OCH3 is 1. The molecule has 0 spiro atoms. The minimum atomic E-state index is -0.892. The lowest BCUT2D eigenvalue weighted by Gasteiger charge is -2.19. The number of hydrogen-bond acceptors (Lipinski definition) is 4. The Bertz CT molecular complexity index is 718. The molecule has 0 unspecified atom stereocenters. The van der Waals surface area contributed by atoms with Crippen molar-refractivity contribution in [3.8, 4) is 5.75 Å². The molecule has 0 heterocycles. The predicted molar refractivity (Wildman–Crippen MR) is 93.8 cm³/mol. The fourth-order valence-electron chi connectivity index (χ4n) is 2.28. The number of hydrogen-bond donors (Lipinski definition) is 2. The molecule has 132 valence electrons. The largest absolute Gasteiger partial charge is 0.497 e. The van der Waals surface area contributed by atoms with Crippen molar-refractivity contribution in [2.75, 3.05) is 7.11 Å². The molecule has 0 fully saturated rings. The molecule has 25 heavy (non-hydrogen) atoms. The molecule has 0 aliphatic carbocycles. The molecule has 6 heteroatoms. The van der Waals surface area contributed by atoms with Gasteiger partial charge in [0.15, 0.2) is 0 Å². The van der Waals surface area contributed by atoms with Gasteiger partial charge in [-0.2, -0.15) is 0 Å². The summed E-state index contributed by atoms with van der Waals surface area (Å²) in [5, 5.41) is 2.63. The van der Waals surface area contributed by atoms with Gasteiger partial charge in [-0.15, -0.1) is 0 Å². The Balaban J connectivity index is 1.95. The van der Waals surface area contributed by atoms with Gasteiger partial charge in [0.1, 0.15) is 17.9 Å². The Kier molecular flexibility index (Phi) is 6.54. The van der Waals surface area contributed by atoms with Crippen molar-refractivity contribution in [2.24, 2.45) is 5.73 Å². The lowest BCUT2D eigenvalue weighted by atomic mass is 10.1. The molecular formula is C19H22N2O4. The quantitative estimate of drug-likeness (QED) is 0.767. The van der Waals surface area contributed by atoms with Gasteiger partial charge in [0.25, 0.3) is 0 Å². The molecule has 0 aliphatic heterocycles. The Morgan fingerprint density at radius 2 is 1.84 bits per heavy atom. The van der Waals surface area contributed by atoms with Crippen molar-refractivity contribution >= 4 is 11.8 Å². The van der Waals surface area contributed by atoms with Crippen molar-refractivity contribution in [2.45, 2.75) is 25.7 Å². The highest BCUT2D eigenvalue weighted by Crippen LogP contribution is 2.15. The number of nitrogens with one attached hydrogen (secondary N) is 1. The zero-order valence-electron chi connectivity index (χ0n) is 14.3. The number of ether oxygens (including phenoxy) is 2. The van der Waals surface area contributed by atoms with Gasteiger partial charge in [0.2, 0.25) is 11.8 Å². The van der Waals surface area contributed by atoms with Crippen molar-refractivity contribution in [1.82, 2.24) is 5.32 Å². The van der Waals surface area contributed by atoms with Crippen LogP contribution in [-0.4, -0.2) is 25.0 Å². The summed E-state index contributed by atoms with van der Waals surface area (Å²) in [6, 6.07) is 15.3. The fraction of sp³-hybridized carbons (Fsp3) is 0.263. The van der Waals surface area contributed by atoms with Crippen LogP contribution in [0.4, 0.5) is 0 Å². The molecule has 2 aromatic carbocycles. The van der Waals surface area contributed by atoms with Crippen LogP contribution in [0, 0.1) is 0 Å². The number of rotatable bonds is 8. The van der Waals surface area contributed by atoms with E-state index < -0.39 is 24.0 Å². The topological polar surface area (TPSA) is 90.7 Å². The van der Waals surface area contributed by atoms with E-state index in [9.17, 15) is 9.59 Å². The third-order valence-corrected chi connectivity index (χ3v) is 3.71. The van der Waals surface area contributed by atoms with Crippen LogP contribution in [0.5, 0.6) is 5.75 Å². The second-order valence-corrected chi connectivity index (χ2v) is 5.56. The molecule has 0 bridgehead atoms. The normalized spacial score (nSPS) is 12.9. The first-order valence-electron chi connectivity index (χ1n) is 7.90. The molecule has 2 rings (SSSR count). The van der Waals surface area contributed by atoms with E-state index in [1.165, 1.54) is 0 Å². The smallest absolute Gasteiger partial charge is 0.249 e. The molecule has 0 aromatic heterocycles. The van der Waals surface area contributed by atoms with E-state index in [2.05, 4.69) is 5.32 Å². The first-order chi connectivity index (χ1) is 12.0. The Morgan fingerprint density at radius 1 is 1.12 bits per heavy atom. The van der Waals surface area contributed by atoms with E-state index in [0.717, 1.165) is 11.3 Å². The van der Waals surface area contributed by atoms with Crippen LogP contribution >= 0.6 is 0 Å². The van der Waals surface area contributed by atoms with Gasteiger partial charge < -0.3 is 20.5 Å². The van der Waals surface area contributed by atoms with Gasteiger partial charge in [-0.25, -0.2) is 0 Å². The van der Waals surface area contributed by atoms with Gasteiger partial charge in [0, 0.05) is 0 Å². The molecule has 0 saturated carbocycles. The second kappa shape index (κ2) is 8.84. The van der Waals surface area contributed by atoms with Crippen molar-refractivity contribution < 1.29 is 19.1 Å². The second-order valence-electron chi connectivity index (χ2n) is 5.56. The van der Waals surface area contributed by atoms with Gasteiger partial charge in [-0.3, -0.25) is 9.59 Å². The number of carbonyl (C=O) groups is 2. The molecule has 3 N–H and O–H groups in total. The summed E-state index contributed by atoms with van der Waals surface area (Å²) < 4.78 is 10.7. The fourth-order valence-corrected chi connectivity index (χ4v) is 2.28. The monoisotopic (exact) mass is 342 g/mol. The number of amides is 2. The van der Waals surface area contributed by atoms with Gasteiger partial charge in [0.05, 0.1) is 13.7 Å². The van der Waals surface area contributed by atoms with Crippen LogP contribution in [0.2, 0.25) is 0 Å². The van der Waals surface area contributed by atoms with Crippen LogP contribution in [0.25, 0.3) is 0 Å². The van der Waals surface area contributed by atoms with E-state index in [1.807, 2.05) is 30.3 Å². The van der Waals surface area contributed by atoms with E-state index >= 15 is 0 Å². The molecular weight excluding hydrogens is 320 g/mol. The van der Waals surface area contributed by atoms with Gasteiger partial charge in [-0.05, 0) is 30.2 Å². The first-order valence-corrected chi connectivity index (χ1v) is 7.90. The maximum atomic E-state index is 12.3. The molecule has 6 nitrogen and oxygen atoms in total. The van der Waals surface area contributed by atoms with Gasteiger partial charge in [-0.1, -0.05) is 42.5 Å². The number of benzene rings is 2. The lowest BCUT2D eigenvalue weighted by molar-refractivity contribution is -0.135. The third kappa shape index (κ3) is 5.32. The average Bonchev–Trinajstić information content (AvgIpc) is 2.64. The van der Waals surface area contributed by atoms with E-state index in [-0.39, 0.29) is 6.61 Å². The summed E-state index contributed by atoms with van der Waals surface area (Å²) in [6.07, 6.45) is -0.739. The van der Waals surface area contributed by atoms with E-state index in [0.29, 0.717) is 5.56 Å². The highest BCUT2D eigenvalue weighted by molar-refractivity contribution is 5.89. The Morgan fingerprint density at radius 3 is 2.48 bits per heavy atom. The van der Waals surface area contributed by atoms with Crippen molar-refractivity contribution in [3.63, 3.8) is 0 Å². The molecule has 2 aromatic rings. The van der Waals surface area contributed by atoms with E-state index in [1.54, 1.807) is 38.3 Å². The Labute approximate surface area is 146 Å². The highest BCUT2D eigenvalue weighted by atomic mass is 16.5. The van der Waals surface area contributed by atoms with Crippen molar-refractivity contribution in [1.29, 1.82) is 0 Å². The van der Waals surface area contributed by atoms with Crippen LogP contribution in [0.1, 0.15) is 24.1 Å².